The van der Waals surface area contributed by atoms with Gasteiger partial charge in [-0.05, 0) is 288 Å². The number of rotatable bonds is 53. The van der Waals surface area contributed by atoms with Crippen LogP contribution in [0, 0.1) is 92.7 Å². The van der Waals surface area contributed by atoms with E-state index in [9.17, 15) is 22.6 Å². The minimum atomic E-state index is -4.30. The number of carbonyl (C=O) groups is 2. The van der Waals surface area contributed by atoms with Crippen LogP contribution in [0.4, 0.5) is 0 Å². The average molecular weight is 1530 g/mol. The molecule has 0 unspecified atom stereocenters. The van der Waals surface area contributed by atoms with Crippen LogP contribution < -0.4 is 43.8 Å². The summed E-state index contributed by atoms with van der Waals surface area (Å²) in [6.45, 7) is 36.2. The van der Waals surface area contributed by atoms with Crippen LogP contribution in [-0.2, 0) is 48.1 Å². The van der Waals surface area contributed by atoms with Crippen molar-refractivity contribution in [2.75, 3.05) is 111 Å². The molecule has 8 aliphatic rings. The summed E-state index contributed by atoms with van der Waals surface area (Å²) in [6, 6.07) is 0. The van der Waals surface area contributed by atoms with Crippen molar-refractivity contribution < 1.29 is 51.0 Å². The molecule has 0 aromatic rings. The fourth-order valence-corrected chi connectivity index (χ4v) is 24.0. The van der Waals surface area contributed by atoms with Crippen molar-refractivity contribution in [3.8, 4) is 0 Å². The quantitative estimate of drug-likeness (QED) is 0.0207. The first-order chi connectivity index (χ1) is 51.6. The van der Waals surface area contributed by atoms with E-state index in [1.807, 2.05) is 0 Å². The van der Waals surface area contributed by atoms with E-state index in [0.29, 0.717) is 129 Å². The zero-order valence-corrected chi connectivity index (χ0v) is 70.8. The summed E-state index contributed by atoms with van der Waals surface area (Å²) < 4.78 is 74.5. The molecule has 8 aliphatic carbocycles. The number of carbonyl (C=O) groups excluding carboxylic acids is 2. The fraction of sp³-hybridized carbons (Fsp3) is 0.977. The van der Waals surface area contributed by atoms with Gasteiger partial charge in [0.1, 0.15) is 10.1 Å². The molecule has 0 aromatic carbocycles. The molecule has 0 aliphatic heterocycles. The molecular weight excluding hydrogens is 1370 g/mol. The van der Waals surface area contributed by atoms with Gasteiger partial charge in [0, 0.05) is 76.4 Å². The van der Waals surface area contributed by atoms with E-state index in [1.165, 1.54) is 89.9 Å². The first-order valence-electron chi connectivity index (χ1n) is 45.0. The number of amides is 2. The van der Waals surface area contributed by atoms with Gasteiger partial charge in [-0.2, -0.15) is 0 Å². The van der Waals surface area contributed by atoms with Gasteiger partial charge < -0.3 is 76.8 Å². The summed E-state index contributed by atoms with van der Waals surface area (Å²) in [5.74, 6) is 5.87. The van der Waals surface area contributed by atoms with Gasteiger partial charge >= 0.3 is 0 Å². The first kappa shape index (κ1) is 92.5. The van der Waals surface area contributed by atoms with Crippen LogP contribution in [0.5, 0.6) is 0 Å². The second kappa shape index (κ2) is 48.0. The molecule has 2 amide bonds. The third-order valence-electron chi connectivity index (χ3n) is 29.6. The third-order valence-corrected chi connectivity index (χ3v) is 30.1. The summed E-state index contributed by atoms with van der Waals surface area (Å²) in [4.78, 5) is 26.0. The highest BCUT2D eigenvalue weighted by Crippen LogP contribution is 2.71. The van der Waals surface area contributed by atoms with Crippen LogP contribution in [0.2, 0.25) is 0 Å². The van der Waals surface area contributed by atoms with E-state index >= 15 is 0 Å². The molecule has 0 bridgehead atoms. The van der Waals surface area contributed by atoms with Crippen molar-refractivity contribution in [1.29, 1.82) is 0 Å². The summed E-state index contributed by atoms with van der Waals surface area (Å²) in [5, 5.41) is 16.2. The van der Waals surface area contributed by atoms with Crippen LogP contribution >= 0.6 is 0 Å². The Bertz CT molecular complexity index is 2570. The minimum Gasteiger partial charge on any atom is -0.747 e. The molecule has 19 nitrogen and oxygen atoms in total. The van der Waals surface area contributed by atoms with E-state index in [2.05, 4.69) is 95.8 Å². The maximum atomic E-state index is 13.1. The summed E-state index contributed by atoms with van der Waals surface area (Å²) >= 11 is 0. The lowest BCUT2D eigenvalue weighted by molar-refractivity contribution is -0.227. The average Bonchev–Trinajstić information content (AvgIpc) is 1.66. The molecule has 8 fully saturated rings. The molecule has 0 spiro atoms. The predicted octanol–water partition coefficient (Wildman–Crippen LogP) is 14.4. The van der Waals surface area contributed by atoms with Crippen LogP contribution in [0.15, 0.2) is 0 Å². The second-order valence-corrected chi connectivity index (χ2v) is 37.7. The number of ether oxygens (including phenoxy) is 6. The molecular formula is C87H165N8O11S-. The highest BCUT2D eigenvalue weighted by Gasteiger charge is 2.69. The molecule has 626 valence electrons. The maximum Gasteiger partial charge on any atom is 0.220 e. The summed E-state index contributed by atoms with van der Waals surface area (Å²) in [6.07, 6.45) is 40.6. The summed E-state index contributed by atoms with van der Waals surface area (Å²) in [7, 11) is -4.30. The Morgan fingerprint density at radius 2 is 0.813 bits per heavy atom. The SMILES string of the molecule is CCCCCCCCNC(=O)CC[C@@H](C)[C@H]1CC[C@H]2[C@@H]3[C@H](OCCCN)C[C@@H]4C[C@H](OCCCN)CC[C@]4(C)[C@H]3C[C@H](OCCCN)[C@]12C.CCCCCCCCNC(=O)CC[C@@H](C)[C@H]1CC[C@H]2[C@@H]3[C@H](OCCCNCS(=O)(=O)[O-])C[C@@H]4C[C@H](OCCCNCC)CC[C@]4(C)[C@H]3C[C@H](OCCCNCC)[C@]12C. The van der Waals surface area contributed by atoms with E-state index < -0.39 is 16.0 Å². The number of unbranched alkanes of at least 4 members (excludes halogenated alkanes) is 10. The monoisotopic (exact) mass is 1530 g/mol. The highest BCUT2D eigenvalue weighted by atomic mass is 32.2. The van der Waals surface area contributed by atoms with Crippen molar-refractivity contribution in [2.45, 2.75) is 337 Å². The Balaban J connectivity index is 0.000000302. The second-order valence-electron chi connectivity index (χ2n) is 36.3. The molecule has 0 radical (unpaired) electrons. The Hall–Kier alpha value is -1.63. The van der Waals surface area contributed by atoms with Gasteiger partial charge in [0.05, 0.1) is 42.5 Å². The molecule has 8 rings (SSSR count). The van der Waals surface area contributed by atoms with E-state index in [-0.39, 0.29) is 64.0 Å². The minimum absolute atomic E-state index is 0.0184. The highest BCUT2D eigenvalue weighted by molar-refractivity contribution is 7.85. The normalized spacial score (nSPS) is 34.3. The molecule has 0 aromatic heterocycles. The molecule has 22 atom stereocenters. The zero-order valence-electron chi connectivity index (χ0n) is 70.0. The Labute approximate surface area is 653 Å². The van der Waals surface area contributed by atoms with Crippen LogP contribution in [0.25, 0.3) is 0 Å². The first-order valence-corrected chi connectivity index (χ1v) is 46.6. The molecule has 11 N–H and O–H groups in total. The lowest BCUT2D eigenvalue weighted by Crippen LogP contribution is -2.63. The molecule has 107 heavy (non-hydrogen) atoms. The molecule has 20 heteroatoms. The lowest BCUT2D eigenvalue weighted by atomic mass is 9.43. The Kier molecular flexibility index (Phi) is 41.5. The topological polar surface area (TPSA) is 285 Å². The van der Waals surface area contributed by atoms with Crippen LogP contribution in [-0.4, -0.2) is 172 Å². The van der Waals surface area contributed by atoms with Crippen molar-refractivity contribution in [1.82, 2.24) is 26.6 Å². The van der Waals surface area contributed by atoms with Gasteiger partial charge in [0.2, 0.25) is 11.8 Å². The van der Waals surface area contributed by atoms with Crippen molar-refractivity contribution in [2.24, 2.45) is 110 Å². The molecule has 0 saturated heterocycles. The Morgan fingerprint density at radius 1 is 0.439 bits per heavy atom. The lowest BCUT2D eigenvalue weighted by Gasteiger charge is -2.65. The van der Waals surface area contributed by atoms with Gasteiger partial charge in [-0.25, -0.2) is 8.42 Å². The van der Waals surface area contributed by atoms with Crippen LogP contribution in [0.1, 0.15) is 300 Å². The number of nitrogens with one attached hydrogen (secondary N) is 5. The number of hydrogen-bond donors (Lipinski definition) is 8. The van der Waals surface area contributed by atoms with Gasteiger partial charge in [0.15, 0.2) is 0 Å². The van der Waals surface area contributed by atoms with E-state index in [0.717, 1.165) is 194 Å². The third kappa shape index (κ3) is 26.4. The van der Waals surface area contributed by atoms with Crippen LogP contribution in [0.3, 0.4) is 0 Å². The standard InChI is InChI=1S/C46H88N4O7S.C41H78N4O4/c1-7-10-11-12-13-14-27-50-43(51)21-18-35(4)38-19-20-39-44-40(33-42(46(38,39)6)57-30-16-25-48-9-3)45(5)23-22-37(55-28-15-24-47-8-2)31-36(45)32-41(44)56-29-17-26-49-34-58(52,53)54;1-5-6-7-8-9-10-23-45-38(46)17-14-30(2)33-15-16-34-39-35(29-37(41(33,34)4)49-26-13-22-44)40(3)19-18-32(47-24-11-20-42)27-31(40)28-36(39)48-25-12-21-43/h35-42,44,47-49H,7-34H2,1-6H3,(H,50,51)(H,52,53,54);30-37,39H,5-29,42-44H2,1-4H3,(H,45,46)/p-1/t35-,36+,37-,38-,39+,40+,41-,42+,44+,45+,46-;30-,31+,32-,33-,34+,35+,36-,37+,39+,40+,41-/m11/s1. The van der Waals surface area contributed by atoms with Gasteiger partial charge in [-0.1, -0.05) is 133 Å². The van der Waals surface area contributed by atoms with Crippen molar-refractivity contribution in [3.05, 3.63) is 0 Å². The molecule has 8 saturated carbocycles. The van der Waals surface area contributed by atoms with E-state index in [4.69, 9.17) is 45.6 Å². The number of nitrogens with two attached hydrogens (primary N) is 3. The van der Waals surface area contributed by atoms with Gasteiger partial charge in [-0.3, -0.25) is 9.59 Å². The Morgan fingerprint density at radius 3 is 1.22 bits per heavy atom. The number of fused-ring (bicyclic) bond motifs is 10. The zero-order chi connectivity index (χ0) is 77.3. The predicted molar refractivity (Wildman–Crippen MR) is 434 cm³/mol. The van der Waals surface area contributed by atoms with Crippen molar-refractivity contribution in [3.63, 3.8) is 0 Å². The van der Waals surface area contributed by atoms with E-state index in [1.54, 1.807) is 0 Å². The van der Waals surface area contributed by atoms with Gasteiger partial charge in [0.25, 0.3) is 0 Å². The smallest absolute Gasteiger partial charge is 0.220 e. The van der Waals surface area contributed by atoms with Crippen molar-refractivity contribution >= 4 is 21.9 Å². The fourth-order valence-electron chi connectivity index (χ4n) is 23.7. The number of hydrogen-bond acceptors (Lipinski definition) is 17. The van der Waals surface area contributed by atoms with Gasteiger partial charge in [-0.15, -0.1) is 0 Å². The molecule has 0 heterocycles. The maximum absolute atomic E-state index is 13.1. The largest absolute Gasteiger partial charge is 0.747 e. The summed E-state index contributed by atoms with van der Waals surface area (Å²) in [5.41, 5.74) is 18.2.